The second-order valence-corrected chi connectivity index (χ2v) is 5.12. The largest absolute Gasteiger partial charge is 0.471 e. The number of hydrogen-bond acceptors (Lipinski definition) is 8. The van der Waals surface area contributed by atoms with E-state index in [2.05, 4.69) is 10.0 Å². The highest BCUT2D eigenvalue weighted by Gasteiger charge is 2.52. The molecular formula is C12H15F3N4O7. The lowest BCUT2D eigenvalue weighted by Gasteiger charge is -2.43. The van der Waals surface area contributed by atoms with Gasteiger partial charge in [0, 0.05) is 18.8 Å². The molecule has 0 bridgehead atoms. The maximum Gasteiger partial charge on any atom is 0.471 e. The molecule has 0 spiro atoms. The van der Waals surface area contributed by atoms with Gasteiger partial charge in [-0.05, 0) is 5.53 Å². The SMILES string of the molecule is CC(=O)O[C@H]1[C@H](OC(C)=O)[C@@H](NC(=O)C(F)(F)F)C(O)O[C@@H]1CN=[N+]=[N-]. The lowest BCUT2D eigenvalue weighted by molar-refractivity contribution is -0.257. The summed E-state index contributed by atoms with van der Waals surface area (Å²) in [7, 11) is 0. The van der Waals surface area contributed by atoms with Crippen LogP contribution >= 0.6 is 0 Å². The van der Waals surface area contributed by atoms with Crippen LogP contribution in [0.5, 0.6) is 0 Å². The molecule has 1 saturated heterocycles. The van der Waals surface area contributed by atoms with Crippen LogP contribution in [0.4, 0.5) is 13.2 Å². The second-order valence-electron chi connectivity index (χ2n) is 5.12. The van der Waals surface area contributed by atoms with E-state index in [-0.39, 0.29) is 0 Å². The lowest BCUT2D eigenvalue weighted by Crippen LogP contribution is -2.66. The number of rotatable bonds is 5. The number of nitrogens with one attached hydrogen (secondary N) is 1. The summed E-state index contributed by atoms with van der Waals surface area (Å²) in [6, 6.07) is -1.90. The minimum Gasteiger partial charge on any atom is -0.456 e. The zero-order valence-electron chi connectivity index (χ0n) is 13.5. The van der Waals surface area contributed by atoms with E-state index in [4.69, 9.17) is 19.7 Å². The van der Waals surface area contributed by atoms with Gasteiger partial charge in [0.1, 0.15) is 12.1 Å². The summed E-state index contributed by atoms with van der Waals surface area (Å²) >= 11 is 0. The van der Waals surface area contributed by atoms with E-state index in [0.717, 1.165) is 13.8 Å². The molecule has 1 aliphatic rings. The summed E-state index contributed by atoms with van der Waals surface area (Å²) in [6.45, 7) is 1.38. The maximum absolute atomic E-state index is 12.5. The number of esters is 2. The van der Waals surface area contributed by atoms with E-state index in [0.29, 0.717) is 0 Å². The highest BCUT2D eigenvalue weighted by atomic mass is 19.4. The van der Waals surface area contributed by atoms with Gasteiger partial charge in [0.15, 0.2) is 18.5 Å². The number of alkyl halides is 3. The zero-order valence-corrected chi connectivity index (χ0v) is 13.5. The third-order valence-electron chi connectivity index (χ3n) is 3.15. The van der Waals surface area contributed by atoms with Crippen molar-refractivity contribution in [2.75, 3.05) is 6.54 Å². The van der Waals surface area contributed by atoms with Crippen molar-refractivity contribution in [3.05, 3.63) is 10.4 Å². The Balaban J connectivity index is 3.21. The lowest BCUT2D eigenvalue weighted by atomic mass is 9.96. The average Bonchev–Trinajstić information content (AvgIpc) is 2.49. The van der Waals surface area contributed by atoms with E-state index in [1.54, 1.807) is 0 Å². The van der Waals surface area contributed by atoms with Crippen molar-refractivity contribution in [2.45, 2.75) is 50.7 Å². The van der Waals surface area contributed by atoms with E-state index in [9.17, 15) is 32.7 Å². The van der Waals surface area contributed by atoms with Gasteiger partial charge in [-0.1, -0.05) is 5.11 Å². The number of aliphatic hydroxyl groups is 1. The Morgan fingerprint density at radius 1 is 1.23 bits per heavy atom. The fourth-order valence-corrected chi connectivity index (χ4v) is 2.24. The van der Waals surface area contributed by atoms with Crippen molar-refractivity contribution in [2.24, 2.45) is 5.11 Å². The van der Waals surface area contributed by atoms with Crippen LogP contribution in [0.2, 0.25) is 0 Å². The fourth-order valence-electron chi connectivity index (χ4n) is 2.24. The van der Waals surface area contributed by atoms with Gasteiger partial charge in [-0.15, -0.1) is 0 Å². The predicted octanol–water partition coefficient (Wildman–Crippen LogP) is -0.0756. The number of carbonyl (C=O) groups is 3. The van der Waals surface area contributed by atoms with Gasteiger partial charge in [0.05, 0.1) is 6.54 Å². The van der Waals surface area contributed by atoms with Crippen LogP contribution < -0.4 is 5.32 Å². The molecule has 1 fully saturated rings. The first-order chi connectivity index (χ1) is 12.0. The van der Waals surface area contributed by atoms with E-state index in [1.807, 2.05) is 0 Å². The predicted molar refractivity (Wildman–Crippen MR) is 74.0 cm³/mol. The van der Waals surface area contributed by atoms with E-state index in [1.165, 1.54) is 5.32 Å². The smallest absolute Gasteiger partial charge is 0.456 e. The first-order valence-electron chi connectivity index (χ1n) is 7.04. The molecule has 0 aromatic carbocycles. The van der Waals surface area contributed by atoms with Crippen molar-refractivity contribution in [3.8, 4) is 0 Å². The van der Waals surface area contributed by atoms with Gasteiger partial charge in [0.25, 0.3) is 0 Å². The number of nitrogens with zero attached hydrogens (tertiary/aromatic N) is 3. The molecule has 26 heavy (non-hydrogen) atoms. The number of amides is 1. The van der Waals surface area contributed by atoms with Crippen LogP contribution in [0.25, 0.3) is 10.4 Å². The van der Waals surface area contributed by atoms with Crippen molar-refractivity contribution >= 4 is 17.8 Å². The first kappa shape index (κ1) is 21.5. The van der Waals surface area contributed by atoms with Crippen molar-refractivity contribution in [1.82, 2.24) is 5.32 Å². The van der Waals surface area contributed by atoms with Crippen LogP contribution in [0.15, 0.2) is 5.11 Å². The number of ether oxygens (including phenoxy) is 3. The van der Waals surface area contributed by atoms with E-state index >= 15 is 0 Å². The van der Waals surface area contributed by atoms with Crippen molar-refractivity contribution < 1.29 is 46.9 Å². The molecule has 5 atom stereocenters. The third-order valence-corrected chi connectivity index (χ3v) is 3.15. The van der Waals surface area contributed by atoms with Gasteiger partial charge in [-0.3, -0.25) is 14.4 Å². The minimum atomic E-state index is -5.29. The molecule has 146 valence electrons. The number of aliphatic hydroxyl groups excluding tert-OH is 1. The molecule has 1 rings (SSSR count). The third kappa shape index (κ3) is 5.75. The van der Waals surface area contributed by atoms with E-state index < -0.39 is 61.2 Å². The summed E-state index contributed by atoms with van der Waals surface area (Å²) in [6.07, 6.45) is -12.0. The second kappa shape index (κ2) is 8.69. The molecule has 11 nitrogen and oxygen atoms in total. The Kier molecular flexibility index (Phi) is 7.18. The highest BCUT2D eigenvalue weighted by molar-refractivity contribution is 5.82. The molecule has 0 aromatic rings. The first-order valence-corrected chi connectivity index (χ1v) is 7.04. The van der Waals surface area contributed by atoms with Crippen molar-refractivity contribution in [3.63, 3.8) is 0 Å². The quantitative estimate of drug-likeness (QED) is 0.290. The summed E-state index contributed by atoms with van der Waals surface area (Å²) < 4.78 is 52.2. The number of carbonyl (C=O) groups excluding carboxylic acids is 3. The Morgan fingerprint density at radius 3 is 2.23 bits per heavy atom. The number of hydrogen-bond donors (Lipinski definition) is 2. The molecule has 2 N–H and O–H groups in total. The average molecular weight is 384 g/mol. The molecule has 14 heteroatoms. The Bertz CT molecular complexity index is 608. The zero-order chi connectivity index (χ0) is 20.1. The monoisotopic (exact) mass is 384 g/mol. The van der Waals surface area contributed by atoms with Gasteiger partial charge in [0.2, 0.25) is 0 Å². The van der Waals surface area contributed by atoms with Gasteiger partial charge < -0.3 is 24.6 Å². The van der Waals surface area contributed by atoms with Crippen molar-refractivity contribution in [1.29, 1.82) is 0 Å². The van der Waals surface area contributed by atoms with Gasteiger partial charge >= 0.3 is 24.0 Å². The topological polar surface area (TPSA) is 160 Å². The summed E-state index contributed by atoms with van der Waals surface area (Å²) in [5.74, 6) is -4.34. The summed E-state index contributed by atoms with van der Waals surface area (Å²) in [5, 5.41) is 14.5. The standard InChI is InChI=1S/C12H15F3N4O7/c1-4(20)24-8-6(3-17-19-16)26-10(22)7(9(8)25-5(2)21)18-11(23)12(13,14)15/h6-10,22H,3H2,1-2H3,(H,18,23)/t6-,7-,8-,9-,10?/m1/s1. The molecule has 1 heterocycles. The minimum absolute atomic E-state index is 0.497. The Hall–Kier alpha value is -2.57. The number of halogens is 3. The van der Waals surface area contributed by atoms with Crippen LogP contribution in [0.3, 0.4) is 0 Å². The molecule has 0 radical (unpaired) electrons. The molecule has 0 saturated carbocycles. The van der Waals surface area contributed by atoms with Crippen LogP contribution in [-0.2, 0) is 28.6 Å². The molecule has 0 aliphatic carbocycles. The van der Waals surface area contributed by atoms with Crippen LogP contribution in [0, 0.1) is 0 Å². The van der Waals surface area contributed by atoms with Crippen LogP contribution in [-0.4, -0.2) is 66.3 Å². The van der Waals surface area contributed by atoms with Gasteiger partial charge in [-0.25, -0.2) is 0 Å². The highest BCUT2D eigenvalue weighted by Crippen LogP contribution is 2.27. The Labute approximate surface area is 144 Å². The fraction of sp³-hybridized carbons (Fsp3) is 0.750. The maximum atomic E-state index is 12.5. The molecular weight excluding hydrogens is 369 g/mol. The summed E-state index contributed by atoms with van der Waals surface area (Å²) in [5.41, 5.74) is 8.37. The van der Waals surface area contributed by atoms with Crippen LogP contribution in [0.1, 0.15) is 13.8 Å². The molecule has 1 aliphatic heterocycles. The Morgan fingerprint density at radius 2 is 1.77 bits per heavy atom. The molecule has 1 unspecified atom stereocenters. The molecule has 0 aromatic heterocycles. The normalized spacial score (nSPS) is 28.5. The summed E-state index contributed by atoms with van der Waals surface area (Å²) in [4.78, 5) is 36.2. The number of azide groups is 1. The molecule has 1 amide bonds. The van der Waals surface area contributed by atoms with Gasteiger partial charge in [-0.2, -0.15) is 13.2 Å².